The molecule has 1 fully saturated rings. The molecule has 0 aromatic carbocycles. The van der Waals surface area contributed by atoms with E-state index in [2.05, 4.69) is 9.88 Å². The number of hydrogen-bond donors (Lipinski definition) is 0. The Labute approximate surface area is 117 Å². The van der Waals surface area contributed by atoms with Crippen molar-refractivity contribution in [2.75, 3.05) is 45.3 Å². The Hall–Kier alpha value is -1.40. The minimum atomic E-state index is 0.0169. The van der Waals surface area contributed by atoms with E-state index in [1.807, 2.05) is 25.9 Å². The van der Waals surface area contributed by atoms with Crippen LogP contribution in [0.4, 0.5) is 5.13 Å². The van der Waals surface area contributed by atoms with Crippen LogP contribution in [-0.2, 0) is 4.74 Å². The van der Waals surface area contributed by atoms with Crippen molar-refractivity contribution in [1.29, 1.82) is 0 Å². The summed E-state index contributed by atoms with van der Waals surface area (Å²) >= 11 is 1.47. The highest BCUT2D eigenvalue weighted by Gasteiger charge is 2.19. The molecule has 0 unspecified atom stereocenters. The largest absolute Gasteiger partial charge is 0.383 e. The van der Waals surface area contributed by atoms with Gasteiger partial charge in [-0.05, 0) is 6.92 Å². The molecule has 1 aliphatic rings. The summed E-state index contributed by atoms with van der Waals surface area (Å²) < 4.78 is 5.32. The molecule has 19 heavy (non-hydrogen) atoms. The summed E-state index contributed by atoms with van der Waals surface area (Å²) in [5.41, 5.74) is 0.805. The van der Waals surface area contributed by atoms with Gasteiger partial charge in [0, 0.05) is 39.5 Å². The summed E-state index contributed by atoms with van der Waals surface area (Å²) in [6.07, 6.45) is 3.35. The highest BCUT2D eigenvalue weighted by molar-refractivity contribution is 7.17. The summed E-state index contributed by atoms with van der Waals surface area (Å²) in [4.78, 5) is 21.3. The summed E-state index contributed by atoms with van der Waals surface area (Å²) in [7, 11) is 3.78. The van der Waals surface area contributed by atoms with Gasteiger partial charge in [0.2, 0.25) is 0 Å². The van der Waals surface area contributed by atoms with Crippen LogP contribution in [0.15, 0.2) is 12.3 Å². The van der Waals surface area contributed by atoms with Gasteiger partial charge in [0.05, 0.1) is 23.8 Å². The Kier molecular flexibility index (Phi) is 4.55. The van der Waals surface area contributed by atoms with Crippen molar-refractivity contribution in [3.63, 3.8) is 0 Å². The third kappa shape index (κ3) is 3.54. The number of ether oxygens (including phenoxy) is 1. The number of carbonyl (C=O) groups is 1. The molecule has 104 valence electrons. The highest BCUT2D eigenvalue weighted by atomic mass is 32.1. The molecule has 0 amide bonds. The Morgan fingerprint density at radius 1 is 1.42 bits per heavy atom. The highest BCUT2D eigenvalue weighted by Crippen LogP contribution is 2.27. The maximum Gasteiger partial charge on any atom is 0.199 e. The van der Waals surface area contributed by atoms with E-state index < -0.39 is 0 Å². The number of ketones is 1. The molecule has 0 saturated carbocycles. The van der Waals surface area contributed by atoms with Crippen molar-refractivity contribution >= 4 is 22.3 Å². The predicted molar refractivity (Wildman–Crippen MR) is 77.0 cm³/mol. The van der Waals surface area contributed by atoms with Crippen molar-refractivity contribution in [2.24, 2.45) is 0 Å². The first-order chi connectivity index (χ1) is 9.08. The third-order valence-electron chi connectivity index (χ3n) is 2.81. The minimum absolute atomic E-state index is 0.0169. The van der Waals surface area contributed by atoms with Crippen LogP contribution >= 0.6 is 11.3 Å². The fourth-order valence-electron chi connectivity index (χ4n) is 1.79. The number of morpholine rings is 1. The van der Waals surface area contributed by atoms with Gasteiger partial charge < -0.3 is 14.5 Å². The van der Waals surface area contributed by atoms with E-state index in [0.29, 0.717) is 0 Å². The van der Waals surface area contributed by atoms with E-state index in [1.165, 1.54) is 11.3 Å². The van der Waals surface area contributed by atoms with Gasteiger partial charge in [0.25, 0.3) is 0 Å². The van der Waals surface area contributed by atoms with E-state index in [9.17, 15) is 4.79 Å². The number of aromatic nitrogens is 1. The smallest absolute Gasteiger partial charge is 0.199 e. The van der Waals surface area contributed by atoms with E-state index in [1.54, 1.807) is 12.3 Å². The maximum absolute atomic E-state index is 12.1. The molecular formula is C13H19N3O2S. The monoisotopic (exact) mass is 281 g/mol. The Balaban J connectivity index is 2.14. The van der Waals surface area contributed by atoms with Crippen LogP contribution < -0.4 is 4.90 Å². The fourth-order valence-corrected chi connectivity index (χ4v) is 2.83. The Morgan fingerprint density at radius 3 is 2.74 bits per heavy atom. The number of aryl methyl sites for hydroxylation is 1. The van der Waals surface area contributed by atoms with Crippen LogP contribution in [0.3, 0.4) is 0 Å². The number of anilines is 1. The van der Waals surface area contributed by atoms with Crippen molar-refractivity contribution < 1.29 is 9.53 Å². The summed E-state index contributed by atoms with van der Waals surface area (Å²) in [6.45, 7) is 5.02. The van der Waals surface area contributed by atoms with Crippen LogP contribution in [0.5, 0.6) is 0 Å². The van der Waals surface area contributed by atoms with Gasteiger partial charge >= 0.3 is 0 Å². The molecule has 0 aliphatic carbocycles. The van der Waals surface area contributed by atoms with Crippen LogP contribution in [0.25, 0.3) is 0 Å². The first-order valence-electron chi connectivity index (χ1n) is 6.27. The zero-order valence-corrected chi connectivity index (χ0v) is 12.4. The summed E-state index contributed by atoms with van der Waals surface area (Å²) in [5, 5.41) is 0.919. The zero-order valence-electron chi connectivity index (χ0n) is 11.5. The van der Waals surface area contributed by atoms with Gasteiger partial charge in [0.1, 0.15) is 0 Å². The number of nitrogens with zero attached hydrogens (tertiary/aromatic N) is 3. The lowest BCUT2D eigenvalue weighted by Crippen LogP contribution is -2.36. The molecule has 0 N–H and O–H groups in total. The number of hydrogen-bond acceptors (Lipinski definition) is 6. The maximum atomic E-state index is 12.1. The molecule has 2 rings (SSSR count). The molecule has 0 bridgehead atoms. The van der Waals surface area contributed by atoms with Gasteiger partial charge in [-0.3, -0.25) is 4.79 Å². The van der Waals surface area contributed by atoms with E-state index in [-0.39, 0.29) is 5.78 Å². The topological polar surface area (TPSA) is 45.7 Å². The molecule has 2 heterocycles. The molecule has 1 saturated heterocycles. The molecule has 0 radical (unpaired) electrons. The van der Waals surface area contributed by atoms with E-state index >= 15 is 0 Å². The van der Waals surface area contributed by atoms with E-state index in [4.69, 9.17) is 4.74 Å². The predicted octanol–water partition coefficient (Wildman–Crippen LogP) is 1.55. The van der Waals surface area contributed by atoms with Crippen LogP contribution in [-0.4, -0.2) is 56.1 Å². The van der Waals surface area contributed by atoms with Gasteiger partial charge in [-0.15, -0.1) is 0 Å². The number of rotatable bonds is 4. The van der Waals surface area contributed by atoms with Crippen molar-refractivity contribution in [1.82, 2.24) is 9.88 Å². The quantitative estimate of drug-likeness (QED) is 0.619. The second-order valence-corrected chi connectivity index (χ2v) is 5.63. The summed E-state index contributed by atoms with van der Waals surface area (Å²) in [6, 6.07) is 0. The molecule has 1 aliphatic heterocycles. The van der Waals surface area contributed by atoms with Crippen LogP contribution in [0.1, 0.15) is 15.4 Å². The fraction of sp³-hybridized carbons (Fsp3) is 0.538. The van der Waals surface area contributed by atoms with Gasteiger partial charge in [-0.1, -0.05) is 11.3 Å². The van der Waals surface area contributed by atoms with E-state index in [0.717, 1.165) is 42.0 Å². The number of carbonyl (C=O) groups excluding carboxylic acids is 1. The Bertz CT molecular complexity index is 476. The molecule has 0 atom stereocenters. The first-order valence-corrected chi connectivity index (χ1v) is 7.08. The molecule has 0 spiro atoms. The van der Waals surface area contributed by atoms with Crippen molar-refractivity contribution in [2.45, 2.75) is 6.92 Å². The molecule has 6 heteroatoms. The first kappa shape index (κ1) is 14.0. The molecule has 1 aromatic heterocycles. The molecule has 1 aromatic rings. The average molecular weight is 281 g/mol. The SMILES string of the molecule is Cc1nc(N2CCOCC2)sc1C(=O)C=CN(C)C. The number of thiazole rings is 1. The normalized spacial score (nSPS) is 16.1. The second kappa shape index (κ2) is 6.16. The lowest BCUT2D eigenvalue weighted by atomic mass is 10.3. The molecule has 5 nitrogen and oxygen atoms in total. The third-order valence-corrected chi connectivity index (χ3v) is 4.05. The van der Waals surface area contributed by atoms with Crippen LogP contribution in [0, 0.1) is 6.92 Å². The zero-order chi connectivity index (χ0) is 13.8. The standard InChI is InChI=1S/C13H19N3O2S/c1-10-12(11(17)4-5-15(2)3)19-13(14-10)16-6-8-18-9-7-16/h4-5H,6-9H2,1-3H3. The van der Waals surface area contributed by atoms with Crippen molar-refractivity contribution in [3.8, 4) is 0 Å². The van der Waals surface area contributed by atoms with Gasteiger partial charge in [0.15, 0.2) is 10.9 Å². The Morgan fingerprint density at radius 2 is 2.11 bits per heavy atom. The average Bonchev–Trinajstić information content (AvgIpc) is 2.79. The lowest BCUT2D eigenvalue weighted by Gasteiger charge is -2.25. The minimum Gasteiger partial charge on any atom is -0.383 e. The van der Waals surface area contributed by atoms with Crippen LogP contribution in [0.2, 0.25) is 0 Å². The summed E-state index contributed by atoms with van der Waals surface area (Å²) in [5.74, 6) is 0.0169. The lowest BCUT2D eigenvalue weighted by molar-refractivity contribution is 0.104. The van der Waals surface area contributed by atoms with Crippen molar-refractivity contribution in [3.05, 3.63) is 22.8 Å². The number of allylic oxidation sites excluding steroid dienone is 1. The second-order valence-electron chi connectivity index (χ2n) is 4.65. The van der Waals surface area contributed by atoms with Gasteiger partial charge in [-0.2, -0.15) is 0 Å². The van der Waals surface area contributed by atoms with Gasteiger partial charge in [-0.25, -0.2) is 4.98 Å². The molecular weight excluding hydrogens is 262 g/mol.